The summed E-state index contributed by atoms with van der Waals surface area (Å²) in [7, 11) is 0. The van der Waals surface area contributed by atoms with Gasteiger partial charge in [0.1, 0.15) is 5.69 Å². The molecule has 1 aliphatic rings. The van der Waals surface area contributed by atoms with E-state index in [0.29, 0.717) is 18.1 Å². The molecule has 0 spiro atoms. The van der Waals surface area contributed by atoms with E-state index >= 15 is 0 Å². The van der Waals surface area contributed by atoms with Gasteiger partial charge in [-0.25, -0.2) is 4.79 Å². The summed E-state index contributed by atoms with van der Waals surface area (Å²) in [5.74, 6) is 0.414. The maximum atomic E-state index is 10.9. The van der Waals surface area contributed by atoms with Crippen LogP contribution in [0.15, 0.2) is 17.3 Å². The van der Waals surface area contributed by atoms with E-state index in [1.54, 1.807) is 12.3 Å². The molecule has 13 heavy (non-hydrogen) atoms. The Bertz CT molecular complexity index is 375. The number of aromatic nitrogens is 2. The van der Waals surface area contributed by atoms with Gasteiger partial charge in [-0.2, -0.15) is 5.10 Å². The van der Waals surface area contributed by atoms with Crippen LogP contribution in [0.25, 0.3) is 0 Å². The molecule has 1 aromatic rings. The van der Waals surface area contributed by atoms with Crippen LogP contribution in [0.1, 0.15) is 0 Å². The van der Waals surface area contributed by atoms with E-state index < -0.39 is 6.03 Å². The third-order valence-corrected chi connectivity index (χ3v) is 1.70. The highest BCUT2D eigenvalue weighted by Gasteiger charge is 2.19. The highest BCUT2D eigenvalue weighted by Crippen LogP contribution is 2.26. The molecule has 0 atom stereocenters. The third kappa shape index (κ3) is 1.22. The van der Waals surface area contributed by atoms with Crippen molar-refractivity contribution in [1.82, 2.24) is 10.2 Å². The summed E-state index contributed by atoms with van der Waals surface area (Å²) in [6.07, 6.45) is 3.12. The van der Waals surface area contributed by atoms with Crippen molar-refractivity contribution in [2.45, 2.75) is 0 Å². The smallest absolute Gasteiger partial charge is 0.320 e. The lowest BCUT2D eigenvalue weighted by Gasteiger charge is -2.20. The molecular formula is C7H7N5O. The van der Waals surface area contributed by atoms with E-state index in [1.165, 1.54) is 11.1 Å². The Morgan fingerprint density at radius 3 is 3.23 bits per heavy atom. The van der Waals surface area contributed by atoms with Gasteiger partial charge in [0.2, 0.25) is 0 Å². The zero-order valence-corrected chi connectivity index (χ0v) is 6.71. The van der Waals surface area contributed by atoms with Crippen LogP contribution in [0, 0.1) is 0 Å². The fourth-order valence-electron chi connectivity index (χ4n) is 1.11. The van der Waals surface area contributed by atoms with Crippen molar-refractivity contribution in [3.05, 3.63) is 12.3 Å². The Morgan fingerprint density at radius 2 is 2.46 bits per heavy atom. The lowest BCUT2D eigenvalue weighted by molar-refractivity contribution is 0.254. The van der Waals surface area contributed by atoms with E-state index in [4.69, 9.17) is 5.73 Å². The Morgan fingerprint density at radius 1 is 1.62 bits per heavy atom. The molecule has 6 nitrogen and oxygen atoms in total. The van der Waals surface area contributed by atoms with E-state index in [0.717, 1.165) is 0 Å². The summed E-state index contributed by atoms with van der Waals surface area (Å²) in [5, 5.41) is 7.44. The first kappa shape index (κ1) is 7.66. The fraction of sp³-hybridized carbons (Fsp3) is 0.143. The van der Waals surface area contributed by atoms with Gasteiger partial charge in [0.05, 0.1) is 12.7 Å². The number of rotatable bonds is 0. The number of hydrogen-bond acceptors (Lipinski definition) is 4. The average molecular weight is 177 g/mol. The average Bonchev–Trinajstić information content (AvgIpc) is 2.17. The summed E-state index contributed by atoms with van der Waals surface area (Å²) >= 11 is 0. The van der Waals surface area contributed by atoms with Crippen LogP contribution < -0.4 is 10.6 Å². The molecular weight excluding hydrogens is 170 g/mol. The van der Waals surface area contributed by atoms with Gasteiger partial charge < -0.3 is 5.73 Å². The van der Waals surface area contributed by atoms with Gasteiger partial charge in [-0.15, -0.1) is 5.10 Å². The molecule has 0 aromatic carbocycles. The summed E-state index contributed by atoms with van der Waals surface area (Å²) < 4.78 is 0. The Kier molecular flexibility index (Phi) is 1.66. The van der Waals surface area contributed by atoms with Gasteiger partial charge in [-0.1, -0.05) is 0 Å². The summed E-state index contributed by atoms with van der Waals surface area (Å²) in [5.41, 5.74) is 5.75. The van der Waals surface area contributed by atoms with Gasteiger partial charge in [-0.05, 0) is 6.07 Å². The topological polar surface area (TPSA) is 84.5 Å². The second kappa shape index (κ2) is 2.81. The Hall–Kier alpha value is -1.98. The molecule has 2 heterocycles. The zero-order chi connectivity index (χ0) is 9.26. The molecule has 6 heteroatoms. The monoisotopic (exact) mass is 177 g/mol. The van der Waals surface area contributed by atoms with Crippen LogP contribution in [0.4, 0.5) is 16.3 Å². The predicted molar refractivity (Wildman–Crippen MR) is 47.1 cm³/mol. The predicted octanol–water partition coefficient (Wildman–Crippen LogP) is 0.0776. The minimum atomic E-state index is -0.548. The van der Waals surface area contributed by atoms with Crippen LogP contribution in [-0.2, 0) is 0 Å². The molecule has 0 saturated carbocycles. The Balaban J connectivity index is 2.49. The second-order valence-corrected chi connectivity index (χ2v) is 2.50. The van der Waals surface area contributed by atoms with Crippen LogP contribution >= 0.6 is 0 Å². The van der Waals surface area contributed by atoms with Gasteiger partial charge in [0.25, 0.3) is 0 Å². The molecule has 1 aromatic heterocycles. The van der Waals surface area contributed by atoms with Gasteiger partial charge >= 0.3 is 6.03 Å². The van der Waals surface area contributed by atoms with E-state index in [-0.39, 0.29) is 0 Å². The molecule has 1 aliphatic heterocycles. The SMILES string of the molecule is NC(=O)N1CC=Nc2ccnnc21. The minimum absolute atomic E-state index is 0.348. The number of amides is 2. The van der Waals surface area contributed by atoms with Crippen LogP contribution in [0.3, 0.4) is 0 Å². The fourth-order valence-corrected chi connectivity index (χ4v) is 1.11. The quantitative estimate of drug-likeness (QED) is 0.608. The largest absolute Gasteiger partial charge is 0.351 e. The van der Waals surface area contributed by atoms with Crippen molar-refractivity contribution in [3.63, 3.8) is 0 Å². The number of aliphatic imine (C=N–C) groups is 1. The first-order valence-corrected chi connectivity index (χ1v) is 3.70. The number of carbonyl (C=O) groups is 1. The highest BCUT2D eigenvalue weighted by molar-refractivity contribution is 5.98. The van der Waals surface area contributed by atoms with E-state index in [2.05, 4.69) is 15.2 Å². The standard InChI is InChI=1S/C7H7N5O/c8-7(13)12-4-3-9-5-1-2-10-11-6(5)12/h1-3H,4H2,(H2,8,13). The molecule has 0 bridgehead atoms. The Labute approximate surface area is 74.1 Å². The highest BCUT2D eigenvalue weighted by atomic mass is 16.2. The first-order chi connectivity index (χ1) is 6.29. The lowest BCUT2D eigenvalue weighted by Crippen LogP contribution is -2.39. The molecule has 2 amide bonds. The second-order valence-electron chi connectivity index (χ2n) is 2.50. The van der Waals surface area contributed by atoms with E-state index in [9.17, 15) is 4.79 Å². The molecule has 2 N–H and O–H groups in total. The van der Waals surface area contributed by atoms with Gasteiger partial charge in [0, 0.05) is 6.21 Å². The van der Waals surface area contributed by atoms with Crippen molar-refractivity contribution in [2.24, 2.45) is 10.7 Å². The molecule has 0 unspecified atom stereocenters. The normalized spacial score (nSPS) is 14.0. The third-order valence-electron chi connectivity index (χ3n) is 1.70. The number of anilines is 1. The van der Waals surface area contributed by atoms with Gasteiger partial charge in [-0.3, -0.25) is 9.89 Å². The molecule has 0 radical (unpaired) electrons. The van der Waals surface area contributed by atoms with Crippen molar-refractivity contribution in [1.29, 1.82) is 0 Å². The van der Waals surface area contributed by atoms with Crippen molar-refractivity contribution < 1.29 is 4.79 Å². The number of urea groups is 1. The zero-order valence-electron chi connectivity index (χ0n) is 6.71. The summed E-state index contributed by atoms with van der Waals surface area (Å²) in [6, 6.07) is 1.13. The molecule has 2 rings (SSSR count). The number of primary amides is 1. The lowest BCUT2D eigenvalue weighted by atomic mass is 10.3. The van der Waals surface area contributed by atoms with Gasteiger partial charge in [0.15, 0.2) is 5.82 Å². The number of fused-ring (bicyclic) bond motifs is 1. The summed E-state index contributed by atoms with van der Waals surface area (Å²) in [6.45, 7) is 0.348. The van der Waals surface area contributed by atoms with Crippen LogP contribution in [0.5, 0.6) is 0 Å². The van der Waals surface area contributed by atoms with E-state index in [1.807, 2.05) is 0 Å². The summed E-state index contributed by atoms with van der Waals surface area (Å²) in [4.78, 5) is 16.3. The van der Waals surface area contributed by atoms with Crippen molar-refractivity contribution >= 4 is 23.8 Å². The van der Waals surface area contributed by atoms with Crippen LogP contribution in [-0.4, -0.2) is 29.0 Å². The maximum Gasteiger partial charge on any atom is 0.320 e. The molecule has 66 valence electrons. The number of carbonyl (C=O) groups excluding carboxylic acids is 1. The minimum Gasteiger partial charge on any atom is -0.351 e. The maximum absolute atomic E-state index is 10.9. The molecule has 0 aliphatic carbocycles. The number of nitrogens with two attached hydrogens (primary N) is 1. The molecule has 0 saturated heterocycles. The first-order valence-electron chi connectivity index (χ1n) is 3.70. The molecule has 0 fully saturated rings. The van der Waals surface area contributed by atoms with Crippen molar-refractivity contribution in [2.75, 3.05) is 11.4 Å². The number of nitrogens with zero attached hydrogens (tertiary/aromatic N) is 4. The number of hydrogen-bond donors (Lipinski definition) is 1. The van der Waals surface area contributed by atoms with Crippen molar-refractivity contribution in [3.8, 4) is 0 Å². The van der Waals surface area contributed by atoms with Crippen LogP contribution in [0.2, 0.25) is 0 Å².